The second kappa shape index (κ2) is 22.9. The van der Waals surface area contributed by atoms with Gasteiger partial charge in [0, 0.05) is 105 Å². The third-order valence-corrected chi connectivity index (χ3v) is 9.60. The van der Waals surface area contributed by atoms with E-state index in [0.29, 0.717) is 12.2 Å². The van der Waals surface area contributed by atoms with Gasteiger partial charge in [-0.05, 0) is 45.3 Å². The summed E-state index contributed by atoms with van der Waals surface area (Å²) >= 11 is 0. The van der Waals surface area contributed by atoms with Crippen LogP contribution in [0.4, 0.5) is 23.1 Å². The highest BCUT2D eigenvalue weighted by Crippen LogP contribution is 2.17. The van der Waals surface area contributed by atoms with Crippen LogP contribution in [0.2, 0.25) is 0 Å². The summed E-state index contributed by atoms with van der Waals surface area (Å²) in [6.45, 7) is 1.50. The third kappa shape index (κ3) is 13.9. The molecule has 0 aromatic carbocycles. The number of nitrogens with zero attached hydrogens (tertiary/aromatic N) is 9. The fourth-order valence-corrected chi connectivity index (χ4v) is 6.24. The van der Waals surface area contributed by atoms with Gasteiger partial charge in [0.1, 0.15) is 22.9 Å². The van der Waals surface area contributed by atoms with Gasteiger partial charge in [-0.2, -0.15) is 0 Å². The molecule has 0 aliphatic rings. The van der Waals surface area contributed by atoms with Crippen LogP contribution in [0.25, 0.3) is 0 Å². The van der Waals surface area contributed by atoms with Crippen molar-refractivity contribution in [3.63, 3.8) is 0 Å². The third-order valence-electron chi connectivity index (χ3n) is 9.60. The highest BCUT2D eigenvalue weighted by atomic mass is 16.2. The van der Waals surface area contributed by atoms with Gasteiger partial charge in [-0.15, -0.1) is 0 Å². The standard InChI is InChI=1S/C41H53N17O8/c1-54(2)19-7-13-44-32(59)10-14-47-39(64)28-20-25(22-55(28)3)48-40(65)35-51-29(23-56(35)4)49-34(61)12-16-46-38(63)27-8-9-31(58(27)6)53-41(66)36-52-30(24-57(36)5)50-33(60)11-15-45-37(62)26-21-42-17-18-43-26/h8-9,17-18,20-24H,7,10-16,19H2,1-6H3,(H,44,59)(H,45,62)(H,46,63)(H,47,64)(H,48,65)(H,49,61)(H,50,60)(H,53,66). The number of anilines is 4. The Labute approximate surface area is 378 Å². The predicted octanol–water partition coefficient (Wildman–Crippen LogP) is -0.170. The molecule has 0 bridgehead atoms. The van der Waals surface area contributed by atoms with Crippen molar-refractivity contribution < 1.29 is 38.4 Å². The lowest BCUT2D eigenvalue weighted by Gasteiger charge is -2.10. The van der Waals surface area contributed by atoms with Crippen LogP contribution < -0.4 is 42.5 Å². The van der Waals surface area contributed by atoms with Crippen molar-refractivity contribution in [1.29, 1.82) is 0 Å². The van der Waals surface area contributed by atoms with E-state index < -0.39 is 41.4 Å². The average molecular weight is 912 g/mol. The summed E-state index contributed by atoms with van der Waals surface area (Å²) in [5, 5.41) is 21.3. The van der Waals surface area contributed by atoms with E-state index in [4.69, 9.17) is 0 Å². The monoisotopic (exact) mass is 911 g/mol. The summed E-state index contributed by atoms with van der Waals surface area (Å²) in [6, 6.07) is 4.49. The lowest BCUT2D eigenvalue weighted by molar-refractivity contribution is -0.121. The first-order valence-corrected chi connectivity index (χ1v) is 20.6. The van der Waals surface area contributed by atoms with E-state index in [2.05, 4.69) is 62.5 Å². The maximum absolute atomic E-state index is 13.1. The maximum Gasteiger partial charge on any atom is 0.292 e. The van der Waals surface area contributed by atoms with Crippen LogP contribution in [0.15, 0.2) is 55.4 Å². The first-order valence-electron chi connectivity index (χ1n) is 20.6. The van der Waals surface area contributed by atoms with Gasteiger partial charge in [0.25, 0.3) is 29.5 Å². The fraction of sp³-hybridized carbons (Fsp3) is 0.366. The Hall–Kier alpha value is -8.22. The maximum atomic E-state index is 13.1. The van der Waals surface area contributed by atoms with Gasteiger partial charge in [-0.25, -0.2) is 15.0 Å². The van der Waals surface area contributed by atoms with Crippen LogP contribution in [0.3, 0.4) is 0 Å². The van der Waals surface area contributed by atoms with Crippen LogP contribution in [0, 0.1) is 0 Å². The summed E-state index contributed by atoms with van der Waals surface area (Å²) in [5.41, 5.74) is 0.880. The number of aromatic nitrogens is 8. The molecule has 350 valence electrons. The van der Waals surface area contributed by atoms with E-state index in [1.165, 1.54) is 67.5 Å². The zero-order valence-corrected chi connectivity index (χ0v) is 37.4. The predicted molar refractivity (Wildman–Crippen MR) is 239 cm³/mol. The molecule has 0 spiro atoms. The Morgan fingerprint density at radius 2 is 1.14 bits per heavy atom. The lowest BCUT2D eigenvalue weighted by atomic mass is 10.3. The Morgan fingerprint density at radius 1 is 0.576 bits per heavy atom. The Kier molecular flexibility index (Phi) is 17.0. The molecule has 0 saturated carbocycles. The Balaban J connectivity index is 1.02. The van der Waals surface area contributed by atoms with E-state index in [-0.39, 0.29) is 91.0 Å². The molecule has 8 amide bonds. The van der Waals surface area contributed by atoms with Crippen molar-refractivity contribution in [2.75, 3.05) is 68.1 Å². The van der Waals surface area contributed by atoms with Gasteiger partial charge in [0.05, 0.1) is 11.9 Å². The lowest BCUT2D eigenvalue weighted by Crippen LogP contribution is -2.32. The minimum Gasteiger partial charge on any atom is -0.356 e. The second-order valence-corrected chi connectivity index (χ2v) is 15.1. The number of nitrogens with one attached hydrogen (secondary N) is 8. The van der Waals surface area contributed by atoms with Gasteiger partial charge in [0.15, 0.2) is 11.6 Å². The van der Waals surface area contributed by atoms with Crippen molar-refractivity contribution in [2.45, 2.75) is 25.7 Å². The quantitative estimate of drug-likeness (QED) is 0.0419. The summed E-state index contributed by atoms with van der Waals surface area (Å²) in [4.78, 5) is 120. The molecule has 0 saturated heterocycles. The molecular formula is C41H53N17O8. The number of amides is 8. The molecule has 5 aromatic rings. The molecular weight excluding hydrogens is 859 g/mol. The van der Waals surface area contributed by atoms with E-state index in [9.17, 15) is 38.4 Å². The zero-order valence-electron chi connectivity index (χ0n) is 37.4. The molecule has 5 heterocycles. The van der Waals surface area contributed by atoms with E-state index >= 15 is 0 Å². The summed E-state index contributed by atoms with van der Waals surface area (Å²) in [5.74, 6) is -3.33. The van der Waals surface area contributed by atoms with Gasteiger partial charge in [-0.3, -0.25) is 43.3 Å². The van der Waals surface area contributed by atoms with E-state index in [0.717, 1.165) is 13.0 Å². The van der Waals surface area contributed by atoms with Gasteiger partial charge < -0.3 is 65.7 Å². The number of carbonyl (C=O) groups is 8. The molecule has 0 aliphatic heterocycles. The highest BCUT2D eigenvalue weighted by Gasteiger charge is 2.21. The van der Waals surface area contributed by atoms with Crippen LogP contribution in [-0.4, -0.2) is 137 Å². The fourth-order valence-electron chi connectivity index (χ4n) is 6.24. The van der Waals surface area contributed by atoms with Crippen molar-refractivity contribution in [3.8, 4) is 0 Å². The molecule has 0 radical (unpaired) electrons. The summed E-state index contributed by atoms with van der Waals surface area (Å²) < 4.78 is 5.81. The largest absolute Gasteiger partial charge is 0.356 e. The van der Waals surface area contributed by atoms with Gasteiger partial charge in [0.2, 0.25) is 29.4 Å². The topological polar surface area (TPSA) is 307 Å². The number of hydrogen-bond acceptors (Lipinski definition) is 13. The van der Waals surface area contributed by atoms with Crippen LogP contribution in [0.1, 0.15) is 78.4 Å². The molecule has 5 aromatic heterocycles. The minimum absolute atomic E-state index is 0.0263. The Bertz CT molecular complexity index is 2570. The van der Waals surface area contributed by atoms with Crippen LogP contribution in [0.5, 0.6) is 0 Å². The van der Waals surface area contributed by atoms with Crippen LogP contribution >= 0.6 is 0 Å². The SMILES string of the molecule is CN(C)CCCNC(=O)CCNC(=O)c1cc(NC(=O)c2nc(NC(=O)CCNC(=O)c3ccc(NC(=O)c4nc(NC(=O)CCNC(=O)c5cnccn5)cn4C)n3C)cn2C)cn1C. The minimum atomic E-state index is -0.621. The highest BCUT2D eigenvalue weighted by molar-refractivity contribution is 6.04. The average Bonchev–Trinajstić information content (AvgIpc) is 4.04. The number of carbonyl (C=O) groups excluding carboxylic acids is 8. The molecule has 8 N–H and O–H groups in total. The van der Waals surface area contributed by atoms with Crippen molar-refractivity contribution in [2.24, 2.45) is 28.2 Å². The van der Waals surface area contributed by atoms with Crippen molar-refractivity contribution >= 4 is 70.4 Å². The van der Waals surface area contributed by atoms with Gasteiger partial charge in [-0.1, -0.05) is 0 Å². The summed E-state index contributed by atoms with van der Waals surface area (Å²) in [7, 11) is 10.2. The molecule has 0 fully saturated rings. The number of imidazole rings is 2. The number of rotatable bonds is 22. The van der Waals surface area contributed by atoms with E-state index in [1.54, 1.807) is 34.4 Å². The molecule has 0 atom stereocenters. The second-order valence-electron chi connectivity index (χ2n) is 15.1. The molecule has 25 nitrogen and oxygen atoms in total. The number of aryl methyl sites for hydroxylation is 3. The normalized spacial score (nSPS) is 10.8. The first-order chi connectivity index (χ1) is 31.5. The number of hydrogen-bond donors (Lipinski definition) is 8. The first kappa shape index (κ1) is 48.8. The molecule has 0 unspecified atom stereocenters. The Morgan fingerprint density at radius 3 is 1.71 bits per heavy atom. The van der Waals surface area contributed by atoms with E-state index in [1.807, 2.05) is 19.0 Å². The summed E-state index contributed by atoms with van der Waals surface area (Å²) in [6.07, 6.45) is 9.29. The van der Waals surface area contributed by atoms with Crippen LogP contribution in [-0.2, 0) is 42.6 Å². The molecule has 25 heteroatoms. The van der Waals surface area contributed by atoms with Gasteiger partial charge >= 0.3 is 0 Å². The zero-order chi connectivity index (χ0) is 47.9. The molecule has 66 heavy (non-hydrogen) atoms. The van der Waals surface area contributed by atoms with Crippen molar-refractivity contribution in [3.05, 3.63) is 84.1 Å². The smallest absolute Gasteiger partial charge is 0.292 e. The molecule has 0 aliphatic carbocycles. The molecule has 5 rings (SSSR count). The van der Waals surface area contributed by atoms with Crippen molar-refractivity contribution in [1.82, 2.24) is 64.4 Å².